The smallest absolute Gasteiger partial charge is 0.160 e. The number of carbonyl (C=O) groups is 1. The van der Waals surface area contributed by atoms with Crippen molar-refractivity contribution in [2.75, 3.05) is 27.2 Å². The van der Waals surface area contributed by atoms with Crippen molar-refractivity contribution in [3.63, 3.8) is 0 Å². The Morgan fingerprint density at radius 3 is 2.83 bits per heavy atom. The molecule has 1 heterocycles. The standard InChI is InChI=1S/C15H26N2O/c1-4-7-17-8-5-6-12-10-15(18)13(9-14(12)17)11-16(2)3/h11-12,14H,4-10H2,1-3H3/t12-,14-/m1/s1. The summed E-state index contributed by atoms with van der Waals surface area (Å²) in [7, 11) is 3.99. The van der Waals surface area contributed by atoms with E-state index in [1.54, 1.807) is 0 Å². The molecule has 1 saturated carbocycles. The molecule has 3 nitrogen and oxygen atoms in total. The first-order valence-corrected chi connectivity index (χ1v) is 7.26. The van der Waals surface area contributed by atoms with Crippen molar-refractivity contribution < 1.29 is 4.79 Å². The van der Waals surface area contributed by atoms with Crippen LogP contribution in [0.3, 0.4) is 0 Å². The Labute approximate surface area is 111 Å². The zero-order valence-corrected chi connectivity index (χ0v) is 12.0. The molecule has 0 amide bonds. The summed E-state index contributed by atoms with van der Waals surface area (Å²) in [6.45, 7) is 4.65. The number of hydrogen-bond donors (Lipinski definition) is 0. The lowest BCUT2D eigenvalue weighted by atomic mass is 9.75. The van der Waals surface area contributed by atoms with Gasteiger partial charge in [0.15, 0.2) is 5.78 Å². The Bertz CT molecular complexity index is 333. The molecule has 0 aromatic rings. The van der Waals surface area contributed by atoms with Crippen molar-refractivity contribution in [2.45, 2.75) is 45.1 Å². The van der Waals surface area contributed by atoms with Gasteiger partial charge in [0.05, 0.1) is 0 Å². The monoisotopic (exact) mass is 250 g/mol. The highest BCUT2D eigenvalue weighted by Crippen LogP contribution is 2.36. The largest absolute Gasteiger partial charge is 0.383 e. The highest BCUT2D eigenvalue weighted by Gasteiger charge is 2.37. The molecule has 0 radical (unpaired) electrons. The predicted molar refractivity (Wildman–Crippen MR) is 74.4 cm³/mol. The molecule has 0 N–H and O–H groups in total. The van der Waals surface area contributed by atoms with Crippen LogP contribution in [-0.2, 0) is 4.79 Å². The molecule has 2 fully saturated rings. The van der Waals surface area contributed by atoms with Crippen LogP contribution >= 0.6 is 0 Å². The second-order valence-corrected chi connectivity index (χ2v) is 5.95. The molecule has 18 heavy (non-hydrogen) atoms. The maximum absolute atomic E-state index is 12.1. The maximum atomic E-state index is 12.1. The van der Waals surface area contributed by atoms with Crippen LogP contribution in [0.2, 0.25) is 0 Å². The topological polar surface area (TPSA) is 23.6 Å². The fourth-order valence-corrected chi connectivity index (χ4v) is 3.46. The number of piperidine rings is 1. The molecule has 0 bridgehead atoms. The Morgan fingerprint density at radius 1 is 1.39 bits per heavy atom. The summed E-state index contributed by atoms with van der Waals surface area (Å²) in [5.41, 5.74) is 1.03. The minimum atomic E-state index is 0.378. The van der Waals surface area contributed by atoms with E-state index < -0.39 is 0 Å². The molecular weight excluding hydrogens is 224 g/mol. The van der Waals surface area contributed by atoms with Crippen molar-refractivity contribution >= 4 is 5.78 Å². The van der Waals surface area contributed by atoms with Gasteiger partial charge in [-0.2, -0.15) is 0 Å². The zero-order chi connectivity index (χ0) is 13.1. The number of fused-ring (bicyclic) bond motifs is 1. The lowest BCUT2D eigenvalue weighted by Crippen LogP contribution is -2.49. The van der Waals surface area contributed by atoms with Crippen LogP contribution in [0.5, 0.6) is 0 Å². The van der Waals surface area contributed by atoms with Crippen molar-refractivity contribution in [1.82, 2.24) is 9.80 Å². The molecule has 1 aliphatic heterocycles. The fourth-order valence-electron chi connectivity index (χ4n) is 3.46. The van der Waals surface area contributed by atoms with Gasteiger partial charge in [0.1, 0.15) is 0 Å². The molecule has 2 aliphatic rings. The molecule has 3 heteroatoms. The zero-order valence-electron chi connectivity index (χ0n) is 12.0. The maximum Gasteiger partial charge on any atom is 0.160 e. The van der Waals surface area contributed by atoms with Gasteiger partial charge in [-0.05, 0) is 44.7 Å². The molecule has 2 rings (SSSR count). The summed E-state index contributed by atoms with van der Waals surface area (Å²) in [6, 6.07) is 0.614. The van der Waals surface area contributed by atoms with Crippen LogP contribution < -0.4 is 0 Å². The van der Waals surface area contributed by atoms with Gasteiger partial charge in [-0.15, -0.1) is 0 Å². The van der Waals surface area contributed by atoms with E-state index in [1.807, 2.05) is 25.2 Å². The van der Waals surface area contributed by atoms with E-state index >= 15 is 0 Å². The van der Waals surface area contributed by atoms with Gasteiger partial charge in [0.25, 0.3) is 0 Å². The number of Topliss-reactive ketones (excluding diaryl/α,β-unsaturated/α-hetero) is 1. The summed E-state index contributed by atoms with van der Waals surface area (Å²) in [5.74, 6) is 0.986. The van der Waals surface area contributed by atoms with Gasteiger partial charge in [-0.1, -0.05) is 6.92 Å². The molecule has 0 unspecified atom stereocenters. The van der Waals surface area contributed by atoms with Gasteiger partial charge in [0.2, 0.25) is 0 Å². The molecule has 2 atom stereocenters. The third-order valence-electron chi connectivity index (χ3n) is 4.19. The number of ketones is 1. The molecular formula is C15H26N2O. The van der Waals surface area contributed by atoms with Crippen molar-refractivity contribution in [1.29, 1.82) is 0 Å². The second kappa shape index (κ2) is 5.87. The quantitative estimate of drug-likeness (QED) is 0.718. The third-order valence-corrected chi connectivity index (χ3v) is 4.19. The normalized spacial score (nSPS) is 31.5. The summed E-state index contributed by atoms with van der Waals surface area (Å²) in [6.07, 6.45) is 7.47. The predicted octanol–water partition coefficient (Wildman–Crippen LogP) is 2.29. The second-order valence-electron chi connectivity index (χ2n) is 5.95. The van der Waals surface area contributed by atoms with E-state index in [0.29, 0.717) is 17.7 Å². The molecule has 0 spiro atoms. The minimum absolute atomic E-state index is 0.378. The van der Waals surface area contributed by atoms with Gasteiger partial charge in [0, 0.05) is 38.3 Å². The van der Waals surface area contributed by atoms with Crippen LogP contribution in [0.15, 0.2) is 11.8 Å². The van der Waals surface area contributed by atoms with Crippen LogP contribution in [-0.4, -0.2) is 48.8 Å². The summed E-state index contributed by atoms with van der Waals surface area (Å²) >= 11 is 0. The van der Waals surface area contributed by atoms with E-state index in [1.165, 1.54) is 32.4 Å². The minimum Gasteiger partial charge on any atom is -0.383 e. The van der Waals surface area contributed by atoms with Crippen molar-refractivity contribution in [3.05, 3.63) is 11.8 Å². The number of likely N-dealkylation sites (tertiary alicyclic amines) is 1. The van der Waals surface area contributed by atoms with Crippen LogP contribution in [0.1, 0.15) is 39.0 Å². The summed E-state index contributed by atoms with van der Waals surface area (Å²) in [5, 5.41) is 0. The molecule has 0 aromatic heterocycles. The van der Waals surface area contributed by atoms with Crippen LogP contribution in [0, 0.1) is 5.92 Å². The van der Waals surface area contributed by atoms with Crippen molar-refractivity contribution in [3.8, 4) is 0 Å². The van der Waals surface area contributed by atoms with E-state index in [0.717, 1.165) is 18.4 Å². The third kappa shape index (κ3) is 2.94. The van der Waals surface area contributed by atoms with Gasteiger partial charge in [-0.3, -0.25) is 9.69 Å². The van der Waals surface area contributed by atoms with Crippen LogP contribution in [0.4, 0.5) is 0 Å². The van der Waals surface area contributed by atoms with Gasteiger partial charge >= 0.3 is 0 Å². The first-order valence-electron chi connectivity index (χ1n) is 7.26. The number of carbonyl (C=O) groups excluding carboxylic acids is 1. The van der Waals surface area contributed by atoms with E-state index in [-0.39, 0.29) is 0 Å². The van der Waals surface area contributed by atoms with Gasteiger partial charge in [-0.25, -0.2) is 0 Å². The average Bonchev–Trinajstić information content (AvgIpc) is 2.31. The number of rotatable bonds is 3. The Balaban J connectivity index is 2.12. The Morgan fingerprint density at radius 2 is 2.17 bits per heavy atom. The number of nitrogens with zero attached hydrogens (tertiary/aromatic N) is 2. The molecule has 1 saturated heterocycles. The number of hydrogen-bond acceptors (Lipinski definition) is 3. The van der Waals surface area contributed by atoms with Gasteiger partial charge < -0.3 is 4.90 Å². The van der Waals surface area contributed by atoms with E-state index in [9.17, 15) is 4.79 Å². The SMILES string of the molecule is CCCN1CCC[C@@H]2CC(=O)C(=CN(C)C)C[C@H]21. The molecule has 1 aliphatic carbocycles. The highest BCUT2D eigenvalue weighted by atomic mass is 16.1. The Kier molecular flexibility index (Phi) is 4.44. The van der Waals surface area contributed by atoms with Crippen molar-refractivity contribution in [2.24, 2.45) is 5.92 Å². The molecule has 102 valence electrons. The molecule has 0 aromatic carbocycles. The average molecular weight is 250 g/mol. The lowest BCUT2D eigenvalue weighted by Gasteiger charge is -2.44. The first kappa shape index (κ1) is 13.6. The summed E-state index contributed by atoms with van der Waals surface area (Å²) in [4.78, 5) is 16.8. The van der Waals surface area contributed by atoms with E-state index in [2.05, 4.69) is 11.8 Å². The Hall–Kier alpha value is -0.830. The first-order chi connectivity index (χ1) is 8.61. The highest BCUT2D eigenvalue weighted by molar-refractivity contribution is 5.96. The van der Waals surface area contributed by atoms with E-state index in [4.69, 9.17) is 0 Å². The fraction of sp³-hybridized carbons (Fsp3) is 0.800. The summed E-state index contributed by atoms with van der Waals surface area (Å²) < 4.78 is 0. The lowest BCUT2D eigenvalue weighted by molar-refractivity contribution is -0.119. The van der Waals surface area contributed by atoms with Crippen LogP contribution in [0.25, 0.3) is 0 Å².